The number of hydrogen-bond donors (Lipinski definition) is 2. The molecule has 128 valence electrons. The Bertz CT molecular complexity index is 873. The van der Waals surface area contributed by atoms with Gasteiger partial charge in [-0.15, -0.1) is 0 Å². The second-order valence-electron chi connectivity index (χ2n) is 5.18. The van der Waals surface area contributed by atoms with Gasteiger partial charge in [-0.1, -0.05) is 41.4 Å². The first-order chi connectivity index (χ1) is 12.2. The van der Waals surface area contributed by atoms with Crippen LogP contribution in [-0.4, -0.2) is 17.1 Å². The topological polar surface area (TPSA) is 59.1 Å². The predicted octanol–water partition coefficient (Wildman–Crippen LogP) is 5.15. The van der Waals surface area contributed by atoms with Gasteiger partial charge in [0.15, 0.2) is 0 Å². The monoisotopic (exact) mass is 374 g/mol. The van der Waals surface area contributed by atoms with Crippen LogP contribution in [0.2, 0.25) is 10.0 Å². The largest absolute Gasteiger partial charge is 0.496 e. The van der Waals surface area contributed by atoms with Crippen molar-refractivity contribution in [2.75, 3.05) is 17.7 Å². The standard InChI is InChI=1S/C18H16Cl2N4O/c1-25-16-5-3-2-4-12(16)11-22-18-21-9-8-17(24-18)23-15-7-6-13(19)10-14(15)20/h2-10H,11H2,1H3,(H2,21,22,23,24). The lowest BCUT2D eigenvalue weighted by atomic mass is 10.2. The zero-order chi connectivity index (χ0) is 17.6. The van der Waals surface area contributed by atoms with Gasteiger partial charge in [0.25, 0.3) is 0 Å². The van der Waals surface area contributed by atoms with Gasteiger partial charge in [0.2, 0.25) is 5.95 Å². The molecule has 1 heterocycles. The zero-order valence-electron chi connectivity index (χ0n) is 13.5. The highest BCUT2D eigenvalue weighted by atomic mass is 35.5. The minimum Gasteiger partial charge on any atom is -0.496 e. The molecule has 25 heavy (non-hydrogen) atoms. The van der Waals surface area contributed by atoms with E-state index in [0.29, 0.717) is 28.4 Å². The molecule has 3 aromatic rings. The summed E-state index contributed by atoms with van der Waals surface area (Å²) in [5.41, 5.74) is 1.74. The van der Waals surface area contributed by atoms with Crippen molar-refractivity contribution in [3.05, 3.63) is 70.3 Å². The van der Waals surface area contributed by atoms with Crippen LogP contribution in [0.3, 0.4) is 0 Å². The molecule has 7 heteroatoms. The second kappa shape index (κ2) is 8.05. The Balaban J connectivity index is 1.71. The minimum atomic E-state index is 0.501. The van der Waals surface area contributed by atoms with Gasteiger partial charge < -0.3 is 15.4 Å². The molecule has 0 aliphatic heterocycles. The molecule has 0 saturated carbocycles. The lowest BCUT2D eigenvalue weighted by molar-refractivity contribution is 0.410. The van der Waals surface area contributed by atoms with E-state index in [1.165, 1.54) is 0 Å². The first-order valence-corrected chi connectivity index (χ1v) is 8.32. The highest BCUT2D eigenvalue weighted by molar-refractivity contribution is 6.36. The summed E-state index contributed by atoms with van der Waals surface area (Å²) in [6, 6.07) is 14.8. The van der Waals surface area contributed by atoms with E-state index in [1.807, 2.05) is 24.3 Å². The highest BCUT2D eigenvalue weighted by Crippen LogP contribution is 2.27. The third-order valence-electron chi connectivity index (χ3n) is 3.48. The van der Waals surface area contributed by atoms with Gasteiger partial charge in [-0.2, -0.15) is 4.98 Å². The minimum absolute atomic E-state index is 0.501. The van der Waals surface area contributed by atoms with E-state index >= 15 is 0 Å². The van der Waals surface area contributed by atoms with Crippen LogP contribution < -0.4 is 15.4 Å². The molecule has 0 spiro atoms. The average Bonchev–Trinajstić information content (AvgIpc) is 2.63. The third kappa shape index (κ3) is 4.53. The molecule has 0 aliphatic carbocycles. The molecule has 0 saturated heterocycles. The summed E-state index contributed by atoms with van der Waals surface area (Å²) in [5.74, 6) is 1.94. The van der Waals surface area contributed by atoms with Crippen molar-refractivity contribution < 1.29 is 4.74 Å². The number of nitrogens with one attached hydrogen (secondary N) is 2. The van der Waals surface area contributed by atoms with Crippen LogP contribution in [0, 0.1) is 0 Å². The molecule has 2 N–H and O–H groups in total. The van der Waals surface area contributed by atoms with Crippen LogP contribution >= 0.6 is 23.2 Å². The van der Waals surface area contributed by atoms with Gasteiger partial charge in [0.1, 0.15) is 11.6 Å². The number of hydrogen-bond acceptors (Lipinski definition) is 5. The molecule has 0 aliphatic rings. The number of methoxy groups -OCH3 is 1. The number of aromatic nitrogens is 2. The molecule has 0 radical (unpaired) electrons. The van der Waals surface area contributed by atoms with Gasteiger partial charge >= 0.3 is 0 Å². The maximum atomic E-state index is 6.17. The number of anilines is 3. The normalized spacial score (nSPS) is 10.4. The molecule has 0 amide bonds. The van der Waals surface area contributed by atoms with Crippen LogP contribution in [0.25, 0.3) is 0 Å². The van der Waals surface area contributed by atoms with Crippen LogP contribution in [0.4, 0.5) is 17.5 Å². The molecule has 1 aromatic heterocycles. The number of para-hydroxylation sites is 1. The number of halogens is 2. The van der Waals surface area contributed by atoms with Crippen molar-refractivity contribution in [2.24, 2.45) is 0 Å². The van der Waals surface area contributed by atoms with E-state index in [4.69, 9.17) is 27.9 Å². The molecule has 0 bridgehead atoms. The van der Waals surface area contributed by atoms with Crippen LogP contribution in [-0.2, 0) is 6.54 Å². The number of rotatable bonds is 6. The van der Waals surface area contributed by atoms with Crippen LogP contribution in [0.1, 0.15) is 5.56 Å². The van der Waals surface area contributed by atoms with Crippen LogP contribution in [0.15, 0.2) is 54.7 Å². The summed E-state index contributed by atoms with van der Waals surface area (Å²) >= 11 is 12.1. The van der Waals surface area contributed by atoms with E-state index in [2.05, 4.69) is 20.6 Å². The molecular weight excluding hydrogens is 359 g/mol. The summed E-state index contributed by atoms with van der Waals surface area (Å²) in [6.45, 7) is 0.551. The number of benzene rings is 2. The smallest absolute Gasteiger partial charge is 0.224 e. The van der Waals surface area contributed by atoms with Crippen molar-refractivity contribution in [3.8, 4) is 5.75 Å². The maximum Gasteiger partial charge on any atom is 0.224 e. The highest BCUT2D eigenvalue weighted by Gasteiger charge is 2.06. The van der Waals surface area contributed by atoms with Crippen molar-refractivity contribution >= 4 is 40.7 Å². The first-order valence-electron chi connectivity index (χ1n) is 7.56. The van der Waals surface area contributed by atoms with E-state index in [1.54, 1.807) is 37.6 Å². The quantitative estimate of drug-likeness (QED) is 0.624. The number of nitrogens with zero attached hydrogens (tertiary/aromatic N) is 2. The zero-order valence-corrected chi connectivity index (χ0v) is 15.0. The SMILES string of the molecule is COc1ccccc1CNc1nccc(Nc2ccc(Cl)cc2Cl)n1. The van der Waals surface area contributed by atoms with E-state index in [9.17, 15) is 0 Å². The van der Waals surface area contributed by atoms with Crippen molar-refractivity contribution in [3.63, 3.8) is 0 Å². The van der Waals surface area contributed by atoms with Gasteiger partial charge in [0, 0.05) is 23.3 Å². The molecule has 0 unspecified atom stereocenters. The summed E-state index contributed by atoms with van der Waals surface area (Å²) in [7, 11) is 1.65. The van der Waals surface area contributed by atoms with Gasteiger partial charge in [-0.3, -0.25) is 0 Å². The third-order valence-corrected chi connectivity index (χ3v) is 4.03. The van der Waals surface area contributed by atoms with E-state index in [-0.39, 0.29) is 0 Å². The summed E-state index contributed by atoms with van der Waals surface area (Å²) in [4.78, 5) is 8.67. The Labute approximate surface area is 156 Å². The Morgan fingerprint density at radius 3 is 2.72 bits per heavy atom. The van der Waals surface area contributed by atoms with Crippen molar-refractivity contribution in [2.45, 2.75) is 6.54 Å². The molecule has 2 aromatic carbocycles. The van der Waals surface area contributed by atoms with Crippen molar-refractivity contribution in [1.29, 1.82) is 0 Å². The molecule has 0 fully saturated rings. The number of ether oxygens (including phenoxy) is 1. The second-order valence-corrected chi connectivity index (χ2v) is 6.02. The van der Waals surface area contributed by atoms with Gasteiger partial charge in [0.05, 0.1) is 17.8 Å². The Morgan fingerprint density at radius 2 is 1.92 bits per heavy atom. The fourth-order valence-corrected chi connectivity index (χ4v) is 2.72. The average molecular weight is 375 g/mol. The maximum absolute atomic E-state index is 6.17. The van der Waals surface area contributed by atoms with E-state index < -0.39 is 0 Å². The van der Waals surface area contributed by atoms with Gasteiger partial charge in [-0.25, -0.2) is 4.98 Å². The van der Waals surface area contributed by atoms with Gasteiger partial charge in [-0.05, 0) is 30.3 Å². The predicted molar refractivity (Wildman–Crippen MR) is 102 cm³/mol. The Hall–Kier alpha value is -2.50. The summed E-state index contributed by atoms with van der Waals surface area (Å²) in [5, 5.41) is 7.45. The summed E-state index contributed by atoms with van der Waals surface area (Å²) < 4.78 is 5.34. The molecular formula is C18H16Cl2N4O. The summed E-state index contributed by atoms with van der Waals surface area (Å²) in [6.07, 6.45) is 1.67. The fourth-order valence-electron chi connectivity index (χ4n) is 2.27. The fraction of sp³-hybridized carbons (Fsp3) is 0.111. The Morgan fingerprint density at radius 1 is 1.08 bits per heavy atom. The van der Waals surface area contributed by atoms with E-state index in [0.717, 1.165) is 17.0 Å². The van der Waals surface area contributed by atoms with Crippen molar-refractivity contribution in [1.82, 2.24) is 9.97 Å². The lowest BCUT2D eigenvalue weighted by Gasteiger charge is -2.11. The van der Waals surface area contributed by atoms with Crippen LogP contribution in [0.5, 0.6) is 5.75 Å². The molecule has 0 atom stereocenters. The Kier molecular flexibility index (Phi) is 5.58. The first kappa shape index (κ1) is 17.3. The molecule has 5 nitrogen and oxygen atoms in total. The lowest BCUT2D eigenvalue weighted by Crippen LogP contribution is -2.06. The molecule has 3 rings (SSSR count).